The molecule has 26 heavy (non-hydrogen) atoms. The number of nitrogens with one attached hydrogen (secondary N) is 1. The van der Waals surface area contributed by atoms with Crippen molar-refractivity contribution in [3.8, 4) is 22.9 Å². The number of rotatable bonds is 5. The maximum atomic E-state index is 5.46. The molecule has 0 aliphatic rings. The number of nitrogens with zero attached hydrogens (tertiary/aromatic N) is 5. The van der Waals surface area contributed by atoms with Crippen LogP contribution < -0.4 is 9.47 Å². The number of aryl methyl sites for hydroxylation is 2. The highest BCUT2D eigenvalue weighted by Gasteiger charge is 2.15. The van der Waals surface area contributed by atoms with E-state index in [-0.39, 0.29) is 0 Å². The van der Waals surface area contributed by atoms with Crippen LogP contribution in [-0.2, 0) is 7.05 Å². The fourth-order valence-electron chi connectivity index (χ4n) is 2.65. The van der Waals surface area contributed by atoms with E-state index in [1.54, 1.807) is 31.2 Å². The second-order valence-electron chi connectivity index (χ2n) is 5.68. The summed E-state index contributed by atoms with van der Waals surface area (Å²) in [6, 6.07) is 5.48. The predicted molar refractivity (Wildman–Crippen MR) is 102 cm³/mol. The van der Waals surface area contributed by atoms with Crippen molar-refractivity contribution in [3.63, 3.8) is 0 Å². The molecule has 2 heterocycles. The van der Waals surface area contributed by atoms with Gasteiger partial charge in [0.1, 0.15) is 11.5 Å². The second-order valence-corrected chi connectivity index (χ2v) is 6.07. The molecule has 2 aromatic heterocycles. The minimum absolute atomic E-state index is 0.383. The Labute approximate surface area is 156 Å². The molecule has 0 bridgehead atoms. The highest BCUT2D eigenvalue weighted by molar-refractivity contribution is 7.71. The molecule has 1 aromatic carbocycles. The third kappa shape index (κ3) is 3.13. The molecule has 9 heteroatoms. The second kappa shape index (κ2) is 7.12. The zero-order chi connectivity index (χ0) is 18.8. The number of benzene rings is 1. The Kier molecular flexibility index (Phi) is 4.90. The Morgan fingerprint density at radius 3 is 2.62 bits per heavy atom. The van der Waals surface area contributed by atoms with Crippen molar-refractivity contribution < 1.29 is 9.47 Å². The van der Waals surface area contributed by atoms with Crippen LogP contribution in [0.5, 0.6) is 11.5 Å². The zero-order valence-electron chi connectivity index (χ0n) is 15.3. The summed E-state index contributed by atoms with van der Waals surface area (Å²) in [6.45, 7) is 3.93. The van der Waals surface area contributed by atoms with Crippen LogP contribution in [0.25, 0.3) is 11.4 Å². The van der Waals surface area contributed by atoms with E-state index >= 15 is 0 Å². The smallest absolute Gasteiger partial charge is 0.216 e. The molecular formula is C17H20N6O2S. The average molecular weight is 372 g/mol. The molecule has 1 N–H and O–H groups in total. The van der Waals surface area contributed by atoms with Crippen LogP contribution in [0.3, 0.4) is 0 Å². The number of methoxy groups -OCH3 is 2. The number of H-pyrrole nitrogens is 1. The molecule has 0 aliphatic heterocycles. The molecule has 0 radical (unpaired) electrons. The first-order valence-corrected chi connectivity index (χ1v) is 8.31. The summed E-state index contributed by atoms with van der Waals surface area (Å²) < 4.78 is 14.5. The van der Waals surface area contributed by atoms with Crippen LogP contribution in [0.1, 0.15) is 17.0 Å². The topological polar surface area (TPSA) is 82.3 Å². The van der Waals surface area contributed by atoms with E-state index in [2.05, 4.69) is 20.4 Å². The first-order chi connectivity index (χ1) is 12.5. The van der Waals surface area contributed by atoms with E-state index in [1.165, 1.54) is 0 Å². The first kappa shape index (κ1) is 17.9. The molecule has 0 saturated heterocycles. The zero-order valence-corrected chi connectivity index (χ0v) is 16.1. The molecule has 3 aromatic rings. The van der Waals surface area contributed by atoms with E-state index in [0.717, 1.165) is 22.5 Å². The monoisotopic (exact) mass is 372 g/mol. The van der Waals surface area contributed by atoms with Gasteiger partial charge in [0, 0.05) is 24.4 Å². The largest absolute Gasteiger partial charge is 0.497 e. The highest BCUT2D eigenvalue weighted by atomic mass is 32.1. The van der Waals surface area contributed by atoms with Crippen molar-refractivity contribution in [3.05, 3.63) is 39.9 Å². The summed E-state index contributed by atoms with van der Waals surface area (Å²) in [7, 11) is 5.10. The highest BCUT2D eigenvalue weighted by Crippen LogP contribution is 2.32. The summed E-state index contributed by atoms with van der Waals surface area (Å²) >= 11 is 5.33. The van der Waals surface area contributed by atoms with Gasteiger partial charge in [-0.05, 0) is 38.2 Å². The lowest BCUT2D eigenvalue weighted by atomic mass is 10.2. The summed E-state index contributed by atoms with van der Waals surface area (Å²) in [4.78, 5) is 0. The van der Waals surface area contributed by atoms with Crippen molar-refractivity contribution in [1.29, 1.82) is 0 Å². The van der Waals surface area contributed by atoms with Crippen molar-refractivity contribution in [2.45, 2.75) is 13.8 Å². The molecule has 0 saturated carbocycles. The fraction of sp³-hybridized carbons (Fsp3) is 0.294. The van der Waals surface area contributed by atoms with Gasteiger partial charge in [-0.1, -0.05) is 0 Å². The van der Waals surface area contributed by atoms with Crippen LogP contribution >= 0.6 is 12.2 Å². The first-order valence-electron chi connectivity index (χ1n) is 7.90. The van der Waals surface area contributed by atoms with Crippen LogP contribution in [0.4, 0.5) is 0 Å². The average Bonchev–Trinajstić information content (AvgIpc) is 3.12. The van der Waals surface area contributed by atoms with Crippen molar-refractivity contribution >= 4 is 18.4 Å². The quantitative estimate of drug-likeness (QED) is 0.550. The molecule has 0 amide bonds. The lowest BCUT2D eigenvalue weighted by Gasteiger charge is -2.09. The third-order valence-corrected chi connectivity index (χ3v) is 4.43. The van der Waals surface area contributed by atoms with Gasteiger partial charge in [0.15, 0.2) is 5.82 Å². The van der Waals surface area contributed by atoms with Gasteiger partial charge >= 0.3 is 0 Å². The number of hydrogen-bond donors (Lipinski definition) is 1. The Morgan fingerprint density at radius 1 is 1.23 bits per heavy atom. The molecule has 136 valence electrons. The van der Waals surface area contributed by atoms with Gasteiger partial charge in [-0.15, -0.1) is 0 Å². The molecule has 3 rings (SSSR count). The van der Waals surface area contributed by atoms with Crippen LogP contribution in [0.2, 0.25) is 0 Å². The Morgan fingerprint density at radius 2 is 2.00 bits per heavy atom. The molecular weight excluding hydrogens is 352 g/mol. The molecule has 0 fully saturated rings. The van der Waals surface area contributed by atoms with Gasteiger partial charge in [-0.25, -0.2) is 5.10 Å². The normalized spacial score (nSPS) is 11.3. The molecule has 8 nitrogen and oxygen atoms in total. The van der Waals surface area contributed by atoms with E-state index in [4.69, 9.17) is 21.7 Å². The standard InChI is InChI=1S/C17H20N6O2S/c1-10-14(11(2)22(3)21-10)9-18-23-16(19-20-17(23)26)13-7-6-12(24-4)8-15(13)25-5/h6-9H,1-5H3,(H,20,26). The maximum absolute atomic E-state index is 5.46. The van der Waals surface area contributed by atoms with Gasteiger partial charge in [0.25, 0.3) is 0 Å². The van der Waals surface area contributed by atoms with Crippen LogP contribution in [-0.4, -0.2) is 45.1 Å². The van der Waals surface area contributed by atoms with Gasteiger partial charge in [0.05, 0.1) is 31.7 Å². The number of hydrogen-bond acceptors (Lipinski definition) is 6. The third-order valence-electron chi connectivity index (χ3n) is 4.17. The molecule has 0 aliphatic carbocycles. The Balaban J connectivity index is 2.08. The van der Waals surface area contributed by atoms with E-state index in [0.29, 0.717) is 22.1 Å². The molecule has 0 atom stereocenters. The minimum atomic E-state index is 0.383. The van der Waals surface area contributed by atoms with Crippen molar-refractivity contribution in [1.82, 2.24) is 24.7 Å². The minimum Gasteiger partial charge on any atom is -0.497 e. The maximum Gasteiger partial charge on any atom is 0.216 e. The van der Waals surface area contributed by atoms with E-state index < -0.39 is 0 Å². The van der Waals surface area contributed by atoms with Crippen LogP contribution in [0.15, 0.2) is 23.3 Å². The summed E-state index contributed by atoms with van der Waals surface area (Å²) in [5, 5.41) is 16.0. The fourth-order valence-corrected chi connectivity index (χ4v) is 2.83. The van der Waals surface area contributed by atoms with E-state index in [1.807, 2.05) is 37.7 Å². The predicted octanol–water partition coefficient (Wildman–Crippen LogP) is 2.86. The van der Waals surface area contributed by atoms with Gasteiger partial charge < -0.3 is 9.47 Å². The molecule has 0 unspecified atom stereocenters. The lowest BCUT2D eigenvalue weighted by molar-refractivity contribution is 0.395. The van der Waals surface area contributed by atoms with Crippen molar-refractivity contribution in [2.24, 2.45) is 12.1 Å². The van der Waals surface area contributed by atoms with Crippen LogP contribution in [0, 0.1) is 18.6 Å². The summed E-state index contributed by atoms with van der Waals surface area (Å²) in [5.74, 6) is 1.85. The van der Waals surface area contributed by atoms with Gasteiger partial charge in [0.2, 0.25) is 4.77 Å². The Bertz CT molecular complexity index is 1030. The van der Waals surface area contributed by atoms with Gasteiger partial charge in [-0.3, -0.25) is 4.68 Å². The lowest BCUT2D eigenvalue weighted by Crippen LogP contribution is -1.99. The summed E-state index contributed by atoms with van der Waals surface area (Å²) in [5.41, 5.74) is 3.61. The number of ether oxygens (including phenoxy) is 2. The van der Waals surface area contributed by atoms with Gasteiger partial charge in [-0.2, -0.15) is 20.0 Å². The number of aromatic amines is 1. The van der Waals surface area contributed by atoms with Crippen molar-refractivity contribution in [2.75, 3.05) is 14.2 Å². The molecule has 0 spiro atoms. The van der Waals surface area contributed by atoms with E-state index in [9.17, 15) is 0 Å². The summed E-state index contributed by atoms with van der Waals surface area (Å²) in [6.07, 6.45) is 1.74. The number of aromatic nitrogens is 5. The SMILES string of the molecule is COc1ccc(-c2n[nH]c(=S)n2N=Cc2c(C)nn(C)c2C)c(OC)c1. The Hall–Kier alpha value is -2.94.